The van der Waals surface area contributed by atoms with Crippen molar-refractivity contribution in [2.45, 2.75) is 27.2 Å². The fraction of sp³-hybridized carbons (Fsp3) is 0.278. The van der Waals surface area contributed by atoms with Gasteiger partial charge in [-0.25, -0.2) is 0 Å². The van der Waals surface area contributed by atoms with Crippen molar-refractivity contribution in [3.8, 4) is 17.2 Å². The molecule has 0 fully saturated rings. The van der Waals surface area contributed by atoms with Gasteiger partial charge in [0.2, 0.25) is 0 Å². The third kappa shape index (κ3) is 5.30. The van der Waals surface area contributed by atoms with Gasteiger partial charge in [-0.1, -0.05) is 45.0 Å². The highest BCUT2D eigenvalue weighted by atomic mass is 16.5. The molecule has 2 rings (SSSR count). The highest BCUT2D eigenvalue weighted by Crippen LogP contribution is 2.26. The molecule has 0 radical (unpaired) electrons. The molecule has 0 aliphatic heterocycles. The van der Waals surface area contributed by atoms with Gasteiger partial charge in [0, 0.05) is 6.07 Å². The smallest absolute Gasteiger partial charge is 0.311 e. The van der Waals surface area contributed by atoms with Gasteiger partial charge in [-0.05, 0) is 29.7 Å². The summed E-state index contributed by atoms with van der Waals surface area (Å²) >= 11 is 0. The van der Waals surface area contributed by atoms with Gasteiger partial charge in [0.1, 0.15) is 17.2 Å². The number of esters is 1. The number of hydrogen-bond acceptors (Lipinski definition) is 3. The lowest BCUT2D eigenvalue weighted by Gasteiger charge is -2.16. The molecule has 0 N–H and O–H groups in total. The lowest BCUT2D eigenvalue weighted by Crippen LogP contribution is -2.17. The van der Waals surface area contributed by atoms with Crippen LogP contribution in [0.25, 0.3) is 0 Å². The zero-order valence-electron chi connectivity index (χ0n) is 12.6. The number of hydrogen-bond donors (Lipinski definition) is 0. The van der Waals surface area contributed by atoms with E-state index in [1.807, 2.05) is 57.2 Å². The minimum atomic E-state index is -0.237. The third-order valence-electron chi connectivity index (χ3n) is 2.69. The lowest BCUT2D eigenvalue weighted by atomic mass is 9.92. The predicted octanol–water partition coefficient (Wildman–Crippen LogP) is 4.82. The average Bonchev–Trinajstić information content (AvgIpc) is 2.38. The van der Waals surface area contributed by atoms with Crippen molar-refractivity contribution in [3.63, 3.8) is 0 Å². The average molecular weight is 284 g/mol. The minimum absolute atomic E-state index is 0.0881. The summed E-state index contributed by atoms with van der Waals surface area (Å²) in [5.74, 6) is 1.65. The Labute approximate surface area is 125 Å². The van der Waals surface area contributed by atoms with E-state index in [-0.39, 0.29) is 11.4 Å². The fourth-order valence-corrected chi connectivity index (χ4v) is 1.83. The summed E-state index contributed by atoms with van der Waals surface area (Å²) in [7, 11) is 0. The zero-order chi connectivity index (χ0) is 15.3. The topological polar surface area (TPSA) is 35.5 Å². The molecule has 0 spiro atoms. The van der Waals surface area contributed by atoms with Gasteiger partial charge in [-0.3, -0.25) is 4.79 Å². The summed E-state index contributed by atoms with van der Waals surface area (Å²) in [4.78, 5) is 11.8. The molecule has 0 atom stereocenters. The number of carbonyl (C=O) groups is 1. The summed E-state index contributed by atoms with van der Waals surface area (Å²) in [6.45, 7) is 6.01. The molecular formula is C18H20O3. The summed E-state index contributed by atoms with van der Waals surface area (Å²) in [6.07, 6.45) is 0.372. The van der Waals surface area contributed by atoms with Crippen molar-refractivity contribution in [3.05, 3.63) is 54.6 Å². The molecule has 0 aliphatic carbocycles. The molecule has 3 nitrogen and oxygen atoms in total. The summed E-state index contributed by atoms with van der Waals surface area (Å²) in [6, 6.07) is 16.6. The van der Waals surface area contributed by atoms with Crippen LogP contribution < -0.4 is 9.47 Å². The molecule has 2 aromatic carbocycles. The molecule has 0 saturated carbocycles. The fourth-order valence-electron chi connectivity index (χ4n) is 1.83. The molecule has 0 saturated heterocycles. The third-order valence-corrected chi connectivity index (χ3v) is 2.69. The second-order valence-corrected chi connectivity index (χ2v) is 6.10. The molecule has 0 bridgehead atoms. The molecule has 3 heteroatoms. The van der Waals surface area contributed by atoms with Gasteiger partial charge in [-0.2, -0.15) is 0 Å². The van der Waals surface area contributed by atoms with E-state index in [1.165, 1.54) is 0 Å². The van der Waals surface area contributed by atoms with Crippen molar-refractivity contribution in [1.29, 1.82) is 0 Å². The molecule has 0 heterocycles. The maximum atomic E-state index is 11.8. The second-order valence-electron chi connectivity index (χ2n) is 6.10. The van der Waals surface area contributed by atoms with Crippen molar-refractivity contribution in [2.24, 2.45) is 5.41 Å². The first-order valence-electron chi connectivity index (χ1n) is 6.96. The number of ether oxygens (including phenoxy) is 2. The van der Waals surface area contributed by atoms with E-state index in [9.17, 15) is 4.79 Å². The summed E-state index contributed by atoms with van der Waals surface area (Å²) in [5.41, 5.74) is -0.0881. The van der Waals surface area contributed by atoms with Crippen LogP contribution in [0.1, 0.15) is 27.2 Å². The van der Waals surface area contributed by atoms with Crippen molar-refractivity contribution >= 4 is 5.97 Å². The first-order chi connectivity index (χ1) is 9.92. The van der Waals surface area contributed by atoms with Crippen LogP contribution in [0.2, 0.25) is 0 Å². The standard InChI is InChI=1S/C18H20O3/c1-18(2,3)13-17(19)21-16-11-7-10-15(12-16)20-14-8-5-4-6-9-14/h4-12H,13H2,1-3H3. The molecule has 2 aromatic rings. The molecule has 0 aliphatic rings. The highest BCUT2D eigenvalue weighted by Gasteiger charge is 2.17. The maximum absolute atomic E-state index is 11.8. The van der Waals surface area contributed by atoms with E-state index in [0.717, 1.165) is 5.75 Å². The Balaban J connectivity index is 2.03. The van der Waals surface area contributed by atoms with Crippen LogP contribution in [0.3, 0.4) is 0 Å². The lowest BCUT2D eigenvalue weighted by molar-refractivity contribution is -0.136. The van der Waals surface area contributed by atoms with Crippen molar-refractivity contribution in [2.75, 3.05) is 0 Å². The van der Waals surface area contributed by atoms with Crippen molar-refractivity contribution < 1.29 is 14.3 Å². The SMILES string of the molecule is CC(C)(C)CC(=O)Oc1cccc(Oc2ccccc2)c1. The van der Waals surface area contributed by atoms with Crippen LogP contribution in [-0.4, -0.2) is 5.97 Å². The van der Waals surface area contributed by atoms with E-state index >= 15 is 0 Å². The monoisotopic (exact) mass is 284 g/mol. The van der Waals surface area contributed by atoms with E-state index in [2.05, 4.69) is 0 Å². The van der Waals surface area contributed by atoms with Crippen LogP contribution in [-0.2, 0) is 4.79 Å². The van der Waals surface area contributed by atoms with E-state index in [4.69, 9.17) is 9.47 Å². The molecular weight excluding hydrogens is 264 g/mol. The van der Waals surface area contributed by atoms with E-state index < -0.39 is 0 Å². The van der Waals surface area contributed by atoms with Gasteiger partial charge in [-0.15, -0.1) is 0 Å². The Morgan fingerprint density at radius 2 is 1.52 bits per heavy atom. The number of carbonyl (C=O) groups excluding carboxylic acids is 1. The predicted molar refractivity (Wildman–Crippen MR) is 82.7 cm³/mol. The summed E-state index contributed by atoms with van der Waals surface area (Å²) in [5, 5.41) is 0. The zero-order valence-corrected chi connectivity index (χ0v) is 12.6. The first kappa shape index (κ1) is 15.1. The Morgan fingerprint density at radius 3 is 2.19 bits per heavy atom. The van der Waals surface area contributed by atoms with Crippen LogP contribution in [0.5, 0.6) is 17.2 Å². The Bertz CT molecular complexity index is 597. The molecule has 0 aromatic heterocycles. The maximum Gasteiger partial charge on any atom is 0.311 e. The van der Waals surface area contributed by atoms with Gasteiger partial charge < -0.3 is 9.47 Å². The molecule has 0 unspecified atom stereocenters. The Hall–Kier alpha value is -2.29. The normalized spacial score (nSPS) is 11.0. The quantitative estimate of drug-likeness (QED) is 0.596. The van der Waals surface area contributed by atoms with Gasteiger partial charge in [0.15, 0.2) is 0 Å². The van der Waals surface area contributed by atoms with Crippen LogP contribution in [0, 0.1) is 5.41 Å². The highest BCUT2D eigenvalue weighted by molar-refractivity contribution is 5.73. The van der Waals surface area contributed by atoms with Gasteiger partial charge in [0.25, 0.3) is 0 Å². The van der Waals surface area contributed by atoms with Gasteiger partial charge >= 0.3 is 5.97 Å². The molecule has 21 heavy (non-hydrogen) atoms. The van der Waals surface area contributed by atoms with Crippen LogP contribution >= 0.6 is 0 Å². The second kappa shape index (κ2) is 6.44. The Morgan fingerprint density at radius 1 is 0.905 bits per heavy atom. The summed E-state index contributed by atoms with van der Waals surface area (Å²) < 4.78 is 11.1. The number of rotatable bonds is 4. The molecule has 110 valence electrons. The van der Waals surface area contributed by atoms with Crippen LogP contribution in [0.4, 0.5) is 0 Å². The molecule has 0 amide bonds. The number of benzene rings is 2. The number of para-hydroxylation sites is 1. The van der Waals surface area contributed by atoms with E-state index in [0.29, 0.717) is 17.9 Å². The minimum Gasteiger partial charge on any atom is -0.457 e. The first-order valence-corrected chi connectivity index (χ1v) is 6.96. The van der Waals surface area contributed by atoms with Gasteiger partial charge in [0.05, 0.1) is 6.42 Å². The Kier molecular flexibility index (Phi) is 4.63. The van der Waals surface area contributed by atoms with E-state index in [1.54, 1.807) is 18.2 Å². The van der Waals surface area contributed by atoms with Crippen molar-refractivity contribution in [1.82, 2.24) is 0 Å². The largest absolute Gasteiger partial charge is 0.457 e. The van der Waals surface area contributed by atoms with Crippen LogP contribution in [0.15, 0.2) is 54.6 Å².